The summed E-state index contributed by atoms with van der Waals surface area (Å²) in [4.78, 5) is 94.7. The maximum atomic E-state index is 13.5. The number of nitrogens with one attached hydrogen (secondary N) is 6. The lowest BCUT2D eigenvalue weighted by molar-refractivity contribution is -0.143. The normalized spacial score (nSPS) is 14.5. The van der Waals surface area contributed by atoms with Crippen LogP contribution >= 0.6 is 0 Å². The van der Waals surface area contributed by atoms with Crippen LogP contribution < -0.4 is 38.1 Å². The van der Waals surface area contributed by atoms with Gasteiger partial charge in [0.1, 0.15) is 30.2 Å². The number of hydrogen-bond donors (Lipinski definition) is 9. The lowest BCUT2D eigenvalue weighted by atomic mass is 9.98. The predicted octanol–water partition coefficient (Wildman–Crippen LogP) is -2.35. The van der Waals surface area contributed by atoms with Crippen molar-refractivity contribution in [1.29, 1.82) is 0 Å². The van der Waals surface area contributed by atoms with Crippen LogP contribution in [0.1, 0.15) is 60.1 Å². The van der Waals surface area contributed by atoms with Gasteiger partial charge in [-0.05, 0) is 24.2 Å². The molecule has 0 bridgehead atoms. The van der Waals surface area contributed by atoms with Gasteiger partial charge in [-0.25, -0.2) is 9.78 Å². The van der Waals surface area contributed by atoms with Crippen LogP contribution in [0.4, 0.5) is 0 Å². The molecular formula is C28H47N9O8. The summed E-state index contributed by atoms with van der Waals surface area (Å²) < 4.78 is 0. The number of primary amides is 1. The van der Waals surface area contributed by atoms with Crippen molar-refractivity contribution in [2.45, 2.75) is 91.0 Å². The van der Waals surface area contributed by atoms with Crippen molar-refractivity contribution in [1.82, 2.24) is 36.6 Å². The minimum atomic E-state index is -1.64. The number of carbonyl (C=O) groups excluding carboxylic acids is 6. The fraction of sp³-hybridized carbons (Fsp3) is 0.643. The van der Waals surface area contributed by atoms with E-state index >= 15 is 0 Å². The first-order chi connectivity index (χ1) is 21.0. The number of rotatable bonds is 19. The minimum absolute atomic E-state index is 0.0349. The van der Waals surface area contributed by atoms with Crippen LogP contribution in [-0.2, 0) is 40.0 Å². The van der Waals surface area contributed by atoms with E-state index in [4.69, 9.17) is 11.5 Å². The molecule has 11 N–H and O–H groups in total. The van der Waals surface area contributed by atoms with E-state index in [1.165, 1.54) is 12.5 Å². The van der Waals surface area contributed by atoms with Crippen LogP contribution in [0.15, 0.2) is 12.5 Å². The molecule has 1 aromatic rings. The highest BCUT2D eigenvalue weighted by atomic mass is 16.4. The monoisotopic (exact) mass is 637 g/mol. The molecule has 0 aliphatic heterocycles. The smallest absolute Gasteiger partial charge is 0.326 e. The summed E-state index contributed by atoms with van der Waals surface area (Å²) in [6.45, 7) is 10.1. The molecule has 0 unspecified atom stereocenters. The van der Waals surface area contributed by atoms with Crippen molar-refractivity contribution >= 4 is 41.4 Å². The molecule has 45 heavy (non-hydrogen) atoms. The molecule has 1 aromatic heterocycles. The van der Waals surface area contributed by atoms with Crippen LogP contribution in [0.3, 0.4) is 0 Å². The number of aromatic nitrogens is 2. The highest BCUT2D eigenvalue weighted by molar-refractivity contribution is 5.96. The summed E-state index contributed by atoms with van der Waals surface area (Å²) in [6, 6.07) is -6.19. The predicted molar refractivity (Wildman–Crippen MR) is 162 cm³/mol. The van der Waals surface area contributed by atoms with E-state index in [9.17, 15) is 38.7 Å². The van der Waals surface area contributed by atoms with Gasteiger partial charge in [-0.3, -0.25) is 28.8 Å². The number of nitrogens with zero attached hydrogens (tertiary/aromatic N) is 1. The van der Waals surface area contributed by atoms with Gasteiger partial charge >= 0.3 is 5.97 Å². The zero-order valence-electron chi connectivity index (χ0n) is 26.5. The first kappa shape index (κ1) is 38.5. The Balaban J connectivity index is 3.18. The van der Waals surface area contributed by atoms with Gasteiger partial charge in [0.2, 0.25) is 35.4 Å². The zero-order chi connectivity index (χ0) is 34.4. The van der Waals surface area contributed by atoms with E-state index in [0.717, 1.165) is 0 Å². The number of aliphatic carboxylic acids is 1. The topological polar surface area (TPSA) is 281 Å². The fourth-order valence-corrected chi connectivity index (χ4v) is 4.28. The van der Waals surface area contributed by atoms with Gasteiger partial charge in [0, 0.05) is 18.3 Å². The standard InChI is InChI=1S/C28H47N9O8/c1-13(2)7-17(33-21(39)10-29)25(41)36-23(15(5)6)27(43)37-22(14(3)4)26(42)34-18(8-16-11-31-12-32-16)24(40)35-19(28(44)45)9-20(30)38/h11-15,17-19,22-23H,7-10,29H2,1-6H3,(H2,30,38)(H,31,32)(H,33,39)(H,34,42)(H,35,40)(H,36,41)(H,37,43)(H,44,45)/t17-,18-,19-,22-,23-/m0/s1. The molecule has 0 radical (unpaired) electrons. The molecule has 0 saturated carbocycles. The molecule has 17 nitrogen and oxygen atoms in total. The quantitative estimate of drug-likeness (QED) is 0.0779. The highest BCUT2D eigenvalue weighted by Gasteiger charge is 2.35. The summed E-state index contributed by atoms with van der Waals surface area (Å²) in [5.74, 6) is -6.81. The lowest BCUT2D eigenvalue weighted by Gasteiger charge is -2.29. The first-order valence-corrected chi connectivity index (χ1v) is 14.7. The van der Waals surface area contributed by atoms with Gasteiger partial charge in [-0.1, -0.05) is 41.5 Å². The molecule has 0 aliphatic rings. The first-order valence-electron chi connectivity index (χ1n) is 14.7. The second-order valence-electron chi connectivity index (χ2n) is 11.8. The molecule has 0 aromatic carbocycles. The summed E-state index contributed by atoms with van der Waals surface area (Å²) in [5.41, 5.74) is 10.9. The Bertz CT molecular complexity index is 1190. The molecule has 6 amide bonds. The third-order valence-electron chi connectivity index (χ3n) is 6.67. The van der Waals surface area contributed by atoms with E-state index in [-0.39, 0.29) is 18.9 Å². The number of imidazole rings is 1. The summed E-state index contributed by atoms with van der Waals surface area (Å²) >= 11 is 0. The molecule has 5 atom stereocenters. The Morgan fingerprint density at radius 1 is 0.778 bits per heavy atom. The Morgan fingerprint density at radius 3 is 1.73 bits per heavy atom. The molecular weight excluding hydrogens is 590 g/mol. The highest BCUT2D eigenvalue weighted by Crippen LogP contribution is 2.11. The van der Waals surface area contributed by atoms with Crippen molar-refractivity contribution in [3.05, 3.63) is 18.2 Å². The molecule has 0 fully saturated rings. The molecule has 0 aliphatic carbocycles. The van der Waals surface area contributed by atoms with Gasteiger partial charge in [0.25, 0.3) is 0 Å². The number of hydrogen-bond acceptors (Lipinski definition) is 9. The van der Waals surface area contributed by atoms with Crippen molar-refractivity contribution in [2.75, 3.05) is 6.54 Å². The molecule has 17 heteroatoms. The van der Waals surface area contributed by atoms with Crippen LogP contribution in [0.2, 0.25) is 0 Å². The maximum Gasteiger partial charge on any atom is 0.326 e. The number of H-pyrrole nitrogens is 1. The van der Waals surface area contributed by atoms with Crippen LogP contribution in [0.25, 0.3) is 0 Å². The summed E-state index contributed by atoms with van der Waals surface area (Å²) in [6.07, 6.45) is 2.25. The number of carbonyl (C=O) groups is 7. The Morgan fingerprint density at radius 2 is 1.29 bits per heavy atom. The van der Waals surface area contributed by atoms with Crippen molar-refractivity contribution in [3.63, 3.8) is 0 Å². The molecule has 252 valence electrons. The summed E-state index contributed by atoms with van der Waals surface area (Å²) in [7, 11) is 0. The molecule has 1 rings (SSSR count). The summed E-state index contributed by atoms with van der Waals surface area (Å²) in [5, 5.41) is 22.0. The van der Waals surface area contributed by atoms with Crippen LogP contribution in [-0.4, -0.2) is 93.2 Å². The molecule has 1 heterocycles. The minimum Gasteiger partial charge on any atom is -0.480 e. The number of carboxylic acid groups (broad SMARTS) is 1. The third-order valence-corrected chi connectivity index (χ3v) is 6.67. The number of amides is 6. The Hall–Kier alpha value is -4.54. The van der Waals surface area contributed by atoms with Crippen molar-refractivity contribution in [3.8, 4) is 0 Å². The third kappa shape index (κ3) is 13.3. The van der Waals surface area contributed by atoms with E-state index < -0.39 is 89.9 Å². The molecule has 0 saturated heterocycles. The second kappa shape index (κ2) is 18.3. The average Bonchev–Trinajstić information content (AvgIpc) is 3.45. The van der Waals surface area contributed by atoms with Gasteiger partial charge in [-0.15, -0.1) is 0 Å². The van der Waals surface area contributed by atoms with Gasteiger partial charge in [0.05, 0.1) is 19.3 Å². The molecule has 0 spiro atoms. The fourth-order valence-electron chi connectivity index (χ4n) is 4.28. The second-order valence-corrected chi connectivity index (χ2v) is 11.8. The Kier molecular flexibility index (Phi) is 15.7. The average molecular weight is 638 g/mol. The number of carboxylic acids is 1. The van der Waals surface area contributed by atoms with Crippen molar-refractivity contribution in [2.24, 2.45) is 29.2 Å². The largest absolute Gasteiger partial charge is 0.480 e. The van der Waals surface area contributed by atoms with Gasteiger partial charge < -0.3 is 48.1 Å². The van der Waals surface area contributed by atoms with Crippen molar-refractivity contribution < 1.29 is 38.7 Å². The van der Waals surface area contributed by atoms with E-state index in [1.54, 1.807) is 27.7 Å². The van der Waals surface area contributed by atoms with E-state index in [0.29, 0.717) is 12.1 Å². The SMILES string of the molecule is CC(C)C[C@H](NC(=O)CN)C(=O)N[C@H](C(=O)N[C@H](C(=O)N[C@@H](Cc1cnc[nH]1)C(=O)N[C@@H](CC(N)=O)C(=O)O)C(C)C)C(C)C. The van der Waals surface area contributed by atoms with E-state index in [1.807, 2.05) is 13.8 Å². The van der Waals surface area contributed by atoms with Gasteiger partial charge in [-0.2, -0.15) is 0 Å². The zero-order valence-corrected chi connectivity index (χ0v) is 26.5. The Labute approximate surface area is 261 Å². The lowest BCUT2D eigenvalue weighted by Crippen LogP contribution is -2.61. The van der Waals surface area contributed by atoms with Crippen LogP contribution in [0.5, 0.6) is 0 Å². The van der Waals surface area contributed by atoms with E-state index in [2.05, 4.69) is 36.6 Å². The number of aromatic amines is 1. The maximum absolute atomic E-state index is 13.5. The van der Waals surface area contributed by atoms with Crippen LogP contribution in [0, 0.1) is 17.8 Å². The number of nitrogens with two attached hydrogens (primary N) is 2. The van der Waals surface area contributed by atoms with Gasteiger partial charge in [0.15, 0.2) is 0 Å².